The van der Waals surface area contributed by atoms with Gasteiger partial charge in [-0.1, -0.05) is 32.4 Å². The van der Waals surface area contributed by atoms with E-state index in [0.717, 1.165) is 5.92 Å². The summed E-state index contributed by atoms with van der Waals surface area (Å²) in [6.07, 6.45) is 7.11. The first kappa shape index (κ1) is 7.59. The Bertz CT molecular complexity index is 172. The Hall–Kier alpha value is -0.520. The summed E-state index contributed by atoms with van der Waals surface area (Å²) in [7, 11) is 0. The summed E-state index contributed by atoms with van der Waals surface area (Å²) in [5.41, 5.74) is 3.15. The van der Waals surface area contributed by atoms with Crippen LogP contribution in [0.1, 0.15) is 33.6 Å². The Kier molecular flexibility index (Phi) is 2.31. The second-order valence-electron chi connectivity index (χ2n) is 2.97. The van der Waals surface area contributed by atoms with Gasteiger partial charge in [0.2, 0.25) is 0 Å². The second-order valence-corrected chi connectivity index (χ2v) is 2.97. The zero-order chi connectivity index (χ0) is 7.56. The average Bonchev–Trinajstić information content (AvgIpc) is 2.62. The lowest BCUT2D eigenvalue weighted by Gasteiger charge is -1.99. The zero-order valence-electron chi connectivity index (χ0n) is 7.15. The molecular weight excluding hydrogens is 120 g/mol. The first-order chi connectivity index (χ1) is 4.79. The van der Waals surface area contributed by atoms with Gasteiger partial charge in [-0.2, -0.15) is 0 Å². The van der Waals surface area contributed by atoms with E-state index in [-0.39, 0.29) is 0 Å². The summed E-state index contributed by atoms with van der Waals surface area (Å²) in [5.74, 6) is 0.776. The van der Waals surface area contributed by atoms with Crippen molar-refractivity contribution < 1.29 is 0 Å². The topological polar surface area (TPSA) is 0 Å². The van der Waals surface area contributed by atoms with Crippen molar-refractivity contribution in [3.05, 3.63) is 23.3 Å². The molecule has 1 aliphatic rings. The molecule has 0 heteroatoms. The standard InChI is InChI=1S/C10H16/c1-4-6-9(5-2)10-7-8(10)3/h5,7-8H,4,6H2,1-3H3. The van der Waals surface area contributed by atoms with E-state index in [0.29, 0.717) is 0 Å². The third-order valence-electron chi connectivity index (χ3n) is 2.05. The number of allylic oxidation sites excluding steroid dienone is 4. The summed E-state index contributed by atoms with van der Waals surface area (Å²) in [6, 6.07) is 0. The maximum Gasteiger partial charge on any atom is -0.000463 e. The number of hydrogen-bond acceptors (Lipinski definition) is 0. The summed E-state index contributed by atoms with van der Waals surface area (Å²) in [4.78, 5) is 0. The van der Waals surface area contributed by atoms with Gasteiger partial charge >= 0.3 is 0 Å². The minimum absolute atomic E-state index is 0.776. The van der Waals surface area contributed by atoms with Crippen LogP contribution in [0.2, 0.25) is 0 Å². The highest BCUT2D eigenvalue weighted by atomic mass is 14.3. The van der Waals surface area contributed by atoms with Crippen molar-refractivity contribution in [3.63, 3.8) is 0 Å². The van der Waals surface area contributed by atoms with E-state index < -0.39 is 0 Å². The molecule has 0 saturated heterocycles. The second kappa shape index (κ2) is 3.05. The summed E-state index contributed by atoms with van der Waals surface area (Å²) in [6.45, 7) is 6.63. The van der Waals surface area contributed by atoms with Crippen LogP contribution in [0.3, 0.4) is 0 Å². The Morgan fingerprint density at radius 2 is 2.30 bits per heavy atom. The fourth-order valence-corrected chi connectivity index (χ4v) is 1.35. The number of rotatable bonds is 3. The molecule has 0 aliphatic heterocycles. The highest BCUT2D eigenvalue weighted by molar-refractivity contribution is 5.45. The Morgan fingerprint density at radius 1 is 1.70 bits per heavy atom. The molecule has 10 heavy (non-hydrogen) atoms. The predicted molar refractivity (Wildman–Crippen MR) is 45.9 cm³/mol. The molecule has 1 rings (SSSR count). The van der Waals surface area contributed by atoms with Crippen molar-refractivity contribution >= 4 is 0 Å². The van der Waals surface area contributed by atoms with E-state index in [9.17, 15) is 0 Å². The van der Waals surface area contributed by atoms with Crippen LogP contribution >= 0.6 is 0 Å². The normalized spacial score (nSPS) is 24.5. The van der Waals surface area contributed by atoms with Crippen LogP contribution in [-0.4, -0.2) is 0 Å². The van der Waals surface area contributed by atoms with Crippen LogP contribution in [-0.2, 0) is 0 Å². The largest absolute Gasteiger partial charge is 0.0842 e. The Labute approximate surface area is 63.6 Å². The van der Waals surface area contributed by atoms with Crippen LogP contribution in [0, 0.1) is 5.92 Å². The smallest absolute Gasteiger partial charge is 0.000463 e. The Balaban J connectivity index is 2.44. The molecule has 0 aromatic carbocycles. The van der Waals surface area contributed by atoms with Crippen molar-refractivity contribution in [2.75, 3.05) is 0 Å². The molecule has 0 N–H and O–H groups in total. The quantitative estimate of drug-likeness (QED) is 0.558. The lowest BCUT2D eigenvalue weighted by Crippen LogP contribution is -1.81. The molecule has 0 aromatic rings. The van der Waals surface area contributed by atoms with E-state index >= 15 is 0 Å². The molecule has 1 unspecified atom stereocenters. The van der Waals surface area contributed by atoms with E-state index in [4.69, 9.17) is 0 Å². The van der Waals surface area contributed by atoms with Gasteiger partial charge in [0.25, 0.3) is 0 Å². The maximum absolute atomic E-state index is 2.34. The van der Waals surface area contributed by atoms with Gasteiger partial charge in [0, 0.05) is 0 Å². The maximum atomic E-state index is 2.34. The summed E-state index contributed by atoms with van der Waals surface area (Å²) in [5, 5.41) is 0. The van der Waals surface area contributed by atoms with Gasteiger partial charge in [0.15, 0.2) is 0 Å². The van der Waals surface area contributed by atoms with Gasteiger partial charge in [-0.05, 0) is 30.4 Å². The highest BCUT2D eigenvalue weighted by Crippen LogP contribution is 2.36. The molecule has 1 aliphatic carbocycles. The predicted octanol–water partition coefficient (Wildman–Crippen LogP) is 3.31. The molecule has 56 valence electrons. The van der Waals surface area contributed by atoms with Gasteiger partial charge < -0.3 is 0 Å². The summed E-state index contributed by atoms with van der Waals surface area (Å²) >= 11 is 0. The molecule has 0 bridgehead atoms. The lowest BCUT2D eigenvalue weighted by molar-refractivity contribution is 0.894. The van der Waals surface area contributed by atoms with Crippen molar-refractivity contribution in [2.24, 2.45) is 5.92 Å². The minimum atomic E-state index is 0.776. The van der Waals surface area contributed by atoms with Gasteiger partial charge in [0.1, 0.15) is 0 Å². The summed E-state index contributed by atoms with van der Waals surface area (Å²) < 4.78 is 0. The molecule has 0 amide bonds. The number of hydrogen-bond donors (Lipinski definition) is 0. The van der Waals surface area contributed by atoms with Gasteiger partial charge in [-0.3, -0.25) is 0 Å². The van der Waals surface area contributed by atoms with E-state index in [1.165, 1.54) is 12.8 Å². The van der Waals surface area contributed by atoms with Gasteiger partial charge in [-0.15, -0.1) is 0 Å². The van der Waals surface area contributed by atoms with Crippen LogP contribution in [0.5, 0.6) is 0 Å². The molecule has 1 atom stereocenters. The molecule has 0 saturated carbocycles. The minimum Gasteiger partial charge on any atom is -0.0842 e. The fourth-order valence-electron chi connectivity index (χ4n) is 1.35. The lowest BCUT2D eigenvalue weighted by atomic mass is 10.1. The van der Waals surface area contributed by atoms with Crippen molar-refractivity contribution in [1.82, 2.24) is 0 Å². The molecule has 0 heterocycles. The molecule has 0 fully saturated rings. The van der Waals surface area contributed by atoms with Crippen molar-refractivity contribution in [1.29, 1.82) is 0 Å². The van der Waals surface area contributed by atoms with E-state index in [2.05, 4.69) is 32.9 Å². The van der Waals surface area contributed by atoms with Crippen LogP contribution in [0.15, 0.2) is 23.3 Å². The van der Waals surface area contributed by atoms with Gasteiger partial charge in [-0.25, -0.2) is 0 Å². The van der Waals surface area contributed by atoms with Crippen LogP contribution in [0.25, 0.3) is 0 Å². The van der Waals surface area contributed by atoms with E-state index in [1.807, 2.05) is 0 Å². The first-order valence-corrected chi connectivity index (χ1v) is 4.16. The highest BCUT2D eigenvalue weighted by Gasteiger charge is 2.21. The molecule has 0 radical (unpaired) electrons. The third-order valence-corrected chi connectivity index (χ3v) is 2.05. The third kappa shape index (κ3) is 1.50. The molecule has 0 aromatic heterocycles. The van der Waals surface area contributed by atoms with E-state index in [1.54, 1.807) is 11.1 Å². The first-order valence-electron chi connectivity index (χ1n) is 4.16. The SMILES string of the molecule is CC=C(CCC)C1=CC1C. The Morgan fingerprint density at radius 3 is 2.60 bits per heavy atom. The van der Waals surface area contributed by atoms with Crippen molar-refractivity contribution in [2.45, 2.75) is 33.6 Å². The zero-order valence-corrected chi connectivity index (χ0v) is 7.15. The molecule has 0 nitrogen and oxygen atoms in total. The molecule has 0 spiro atoms. The fraction of sp³-hybridized carbons (Fsp3) is 0.600. The monoisotopic (exact) mass is 136 g/mol. The van der Waals surface area contributed by atoms with Gasteiger partial charge in [0.05, 0.1) is 0 Å². The van der Waals surface area contributed by atoms with Crippen LogP contribution < -0.4 is 0 Å². The van der Waals surface area contributed by atoms with Crippen molar-refractivity contribution in [3.8, 4) is 0 Å². The molecular formula is C10H16. The average molecular weight is 136 g/mol. The van der Waals surface area contributed by atoms with Crippen LogP contribution in [0.4, 0.5) is 0 Å².